The van der Waals surface area contributed by atoms with E-state index in [9.17, 15) is 18.4 Å². The summed E-state index contributed by atoms with van der Waals surface area (Å²) in [5.41, 5.74) is 1.14. The van der Waals surface area contributed by atoms with Gasteiger partial charge in [0.2, 0.25) is 5.91 Å². The van der Waals surface area contributed by atoms with Crippen LogP contribution in [0.5, 0.6) is 0 Å². The van der Waals surface area contributed by atoms with Crippen molar-refractivity contribution in [3.8, 4) is 0 Å². The van der Waals surface area contributed by atoms with E-state index in [-0.39, 0.29) is 17.7 Å². The Morgan fingerprint density at radius 1 is 1.14 bits per heavy atom. The second kappa shape index (κ2) is 8.82. The van der Waals surface area contributed by atoms with Gasteiger partial charge in [0.15, 0.2) is 11.6 Å². The quantitative estimate of drug-likeness (QED) is 0.801. The van der Waals surface area contributed by atoms with Gasteiger partial charge in [0.1, 0.15) is 6.04 Å². The van der Waals surface area contributed by atoms with Gasteiger partial charge in [-0.2, -0.15) is 0 Å². The molecule has 0 spiro atoms. The van der Waals surface area contributed by atoms with Crippen molar-refractivity contribution in [1.82, 2.24) is 10.6 Å². The van der Waals surface area contributed by atoms with E-state index in [4.69, 9.17) is 0 Å². The molecule has 5 nitrogen and oxygen atoms in total. The van der Waals surface area contributed by atoms with E-state index in [2.05, 4.69) is 10.6 Å². The van der Waals surface area contributed by atoms with Crippen molar-refractivity contribution in [2.24, 2.45) is 5.92 Å². The Hall–Kier alpha value is -2.96. The number of nitrogens with one attached hydrogen (secondary N) is 2. The Kier molecular flexibility index (Phi) is 6.23. The van der Waals surface area contributed by atoms with E-state index < -0.39 is 17.7 Å². The summed E-state index contributed by atoms with van der Waals surface area (Å²) in [6, 6.07) is 11.9. The number of halogens is 2. The summed E-state index contributed by atoms with van der Waals surface area (Å²) in [7, 11) is 0. The lowest BCUT2D eigenvalue weighted by Crippen LogP contribution is -2.46. The minimum atomic E-state index is -0.864. The van der Waals surface area contributed by atoms with Crippen LogP contribution in [-0.2, 0) is 4.79 Å². The molecule has 1 aliphatic rings. The van der Waals surface area contributed by atoms with Crippen LogP contribution in [0.15, 0.2) is 48.5 Å². The van der Waals surface area contributed by atoms with E-state index in [1.807, 2.05) is 11.0 Å². The average molecular weight is 387 g/mol. The smallest absolute Gasteiger partial charge is 0.251 e. The number of nitrogens with zero attached hydrogens (tertiary/aromatic N) is 1. The highest BCUT2D eigenvalue weighted by atomic mass is 19.2. The molecule has 2 aromatic carbocycles. The summed E-state index contributed by atoms with van der Waals surface area (Å²) in [5.74, 6) is -2.08. The number of carbonyl (C=O) groups is 2. The lowest BCUT2D eigenvalue weighted by Gasteiger charge is -2.20. The number of rotatable bonds is 6. The normalized spacial score (nSPS) is 17.2. The monoisotopic (exact) mass is 387 g/mol. The zero-order chi connectivity index (χ0) is 20.1. The Labute approximate surface area is 162 Å². The molecule has 0 aliphatic carbocycles. The molecule has 0 radical (unpaired) electrons. The van der Waals surface area contributed by atoms with Gasteiger partial charge in [0, 0.05) is 37.0 Å². The Morgan fingerprint density at radius 2 is 1.89 bits per heavy atom. The largest absolute Gasteiger partial charge is 0.371 e. The fraction of sp³-hybridized carbons (Fsp3) is 0.333. The minimum Gasteiger partial charge on any atom is -0.371 e. The molecule has 7 heteroatoms. The fourth-order valence-corrected chi connectivity index (χ4v) is 3.25. The second-order valence-electron chi connectivity index (χ2n) is 7.01. The third-order valence-corrected chi connectivity index (χ3v) is 4.90. The second-order valence-corrected chi connectivity index (χ2v) is 7.01. The van der Waals surface area contributed by atoms with Crippen molar-refractivity contribution in [3.63, 3.8) is 0 Å². The van der Waals surface area contributed by atoms with Crippen LogP contribution in [0.25, 0.3) is 0 Å². The molecule has 28 heavy (non-hydrogen) atoms. The van der Waals surface area contributed by atoms with Gasteiger partial charge in [0.25, 0.3) is 5.91 Å². The number of amides is 2. The van der Waals surface area contributed by atoms with Crippen LogP contribution >= 0.6 is 0 Å². The lowest BCUT2D eigenvalue weighted by atomic mass is 10.1. The van der Waals surface area contributed by atoms with Crippen molar-refractivity contribution in [2.45, 2.75) is 19.4 Å². The fourth-order valence-electron chi connectivity index (χ4n) is 3.25. The molecule has 1 heterocycles. The zero-order valence-electron chi connectivity index (χ0n) is 15.6. The van der Waals surface area contributed by atoms with E-state index in [0.717, 1.165) is 12.5 Å². The third kappa shape index (κ3) is 4.85. The number of hydrogen-bond donors (Lipinski definition) is 2. The molecule has 1 fully saturated rings. The standard InChI is InChI=1S/C21H23F2N3O2/c1-14(25-21(28)16-5-3-2-4-6-16)20(27)24-12-15-9-10-26(13-15)17-7-8-18(22)19(23)11-17/h2-8,11,14-15H,9-10,12-13H2,1H3,(H,24,27)(H,25,28). The topological polar surface area (TPSA) is 61.4 Å². The molecule has 0 bridgehead atoms. The summed E-state index contributed by atoms with van der Waals surface area (Å²) in [6.07, 6.45) is 0.837. The molecule has 1 saturated heterocycles. The summed E-state index contributed by atoms with van der Waals surface area (Å²) in [6.45, 7) is 3.46. The number of hydrogen-bond acceptors (Lipinski definition) is 3. The summed E-state index contributed by atoms with van der Waals surface area (Å²) < 4.78 is 26.5. The highest BCUT2D eigenvalue weighted by molar-refractivity contribution is 5.97. The van der Waals surface area contributed by atoms with E-state index in [1.54, 1.807) is 37.3 Å². The first-order valence-corrected chi connectivity index (χ1v) is 9.27. The molecular weight excluding hydrogens is 364 g/mol. The average Bonchev–Trinajstić information content (AvgIpc) is 3.17. The Bertz CT molecular complexity index is 845. The van der Waals surface area contributed by atoms with Crippen molar-refractivity contribution in [2.75, 3.05) is 24.5 Å². The highest BCUT2D eigenvalue weighted by Gasteiger charge is 2.25. The predicted molar refractivity (Wildman–Crippen MR) is 103 cm³/mol. The molecule has 1 aliphatic heterocycles. The molecule has 2 amide bonds. The van der Waals surface area contributed by atoms with Gasteiger partial charge in [0.05, 0.1) is 0 Å². The summed E-state index contributed by atoms with van der Waals surface area (Å²) in [5, 5.41) is 5.54. The van der Waals surface area contributed by atoms with E-state index in [0.29, 0.717) is 30.9 Å². The molecular formula is C21H23F2N3O2. The van der Waals surface area contributed by atoms with Gasteiger partial charge in [-0.1, -0.05) is 18.2 Å². The van der Waals surface area contributed by atoms with Crippen LogP contribution in [0.4, 0.5) is 14.5 Å². The SMILES string of the molecule is CC(NC(=O)c1ccccc1)C(=O)NCC1CCN(c2ccc(F)c(F)c2)C1. The first-order chi connectivity index (χ1) is 13.4. The van der Waals surface area contributed by atoms with Gasteiger partial charge in [-0.05, 0) is 43.5 Å². The van der Waals surface area contributed by atoms with Gasteiger partial charge < -0.3 is 15.5 Å². The summed E-state index contributed by atoms with van der Waals surface area (Å²) in [4.78, 5) is 26.4. The van der Waals surface area contributed by atoms with Crippen LogP contribution in [0.2, 0.25) is 0 Å². The van der Waals surface area contributed by atoms with Crippen LogP contribution in [0.1, 0.15) is 23.7 Å². The number of anilines is 1. The van der Waals surface area contributed by atoms with Crippen molar-refractivity contribution < 1.29 is 18.4 Å². The molecule has 0 aromatic heterocycles. The maximum Gasteiger partial charge on any atom is 0.251 e. The first kappa shape index (κ1) is 19.8. The summed E-state index contributed by atoms with van der Waals surface area (Å²) >= 11 is 0. The molecule has 0 saturated carbocycles. The van der Waals surface area contributed by atoms with Crippen LogP contribution in [0.3, 0.4) is 0 Å². The number of carbonyl (C=O) groups excluding carboxylic acids is 2. The molecule has 2 atom stereocenters. The maximum absolute atomic E-state index is 13.4. The van der Waals surface area contributed by atoms with E-state index in [1.165, 1.54) is 6.07 Å². The molecule has 2 N–H and O–H groups in total. The predicted octanol–water partition coefficient (Wildman–Crippen LogP) is 2.73. The molecule has 2 unspecified atom stereocenters. The Balaban J connectivity index is 1.45. The Morgan fingerprint density at radius 3 is 2.61 bits per heavy atom. The molecule has 148 valence electrons. The lowest BCUT2D eigenvalue weighted by molar-refractivity contribution is -0.122. The first-order valence-electron chi connectivity index (χ1n) is 9.27. The van der Waals surface area contributed by atoms with Crippen molar-refractivity contribution in [1.29, 1.82) is 0 Å². The van der Waals surface area contributed by atoms with Gasteiger partial charge in [-0.15, -0.1) is 0 Å². The van der Waals surface area contributed by atoms with Gasteiger partial charge in [-0.3, -0.25) is 9.59 Å². The van der Waals surface area contributed by atoms with Crippen molar-refractivity contribution in [3.05, 3.63) is 65.7 Å². The molecule has 2 aromatic rings. The van der Waals surface area contributed by atoms with Gasteiger partial charge in [-0.25, -0.2) is 8.78 Å². The van der Waals surface area contributed by atoms with Crippen molar-refractivity contribution >= 4 is 17.5 Å². The van der Waals surface area contributed by atoms with Crippen LogP contribution in [-0.4, -0.2) is 37.5 Å². The maximum atomic E-state index is 13.4. The third-order valence-electron chi connectivity index (χ3n) is 4.90. The van der Waals surface area contributed by atoms with Gasteiger partial charge >= 0.3 is 0 Å². The highest BCUT2D eigenvalue weighted by Crippen LogP contribution is 2.25. The zero-order valence-corrected chi connectivity index (χ0v) is 15.6. The number of benzene rings is 2. The van der Waals surface area contributed by atoms with Crippen LogP contribution in [0, 0.1) is 17.6 Å². The minimum absolute atomic E-state index is 0.203. The molecule has 3 rings (SSSR count). The van der Waals surface area contributed by atoms with E-state index >= 15 is 0 Å². The van der Waals surface area contributed by atoms with Crippen LogP contribution < -0.4 is 15.5 Å².